The highest BCUT2D eigenvalue weighted by molar-refractivity contribution is 9.11. The lowest BCUT2D eigenvalue weighted by atomic mass is 10.0. The molecule has 102 valence electrons. The van der Waals surface area contributed by atoms with E-state index in [1.54, 1.807) is 17.4 Å². The van der Waals surface area contributed by atoms with Gasteiger partial charge in [0.2, 0.25) is 0 Å². The number of aryl methyl sites for hydroxylation is 1. The highest BCUT2D eigenvalue weighted by Crippen LogP contribution is 2.36. The zero-order valence-electron chi connectivity index (χ0n) is 10.6. The van der Waals surface area contributed by atoms with Gasteiger partial charge in [0.1, 0.15) is 5.82 Å². The molecule has 0 aliphatic rings. The summed E-state index contributed by atoms with van der Waals surface area (Å²) in [4.78, 5) is 1.11. The lowest BCUT2D eigenvalue weighted by Crippen LogP contribution is -2.22. The van der Waals surface area contributed by atoms with Crippen molar-refractivity contribution in [2.24, 2.45) is 0 Å². The fraction of sp³-hybridized carbons (Fsp3) is 0.286. The number of hydrogen-bond acceptors (Lipinski definition) is 2. The number of nitrogens with one attached hydrogen (secondary N) is 1. The predicted octanol–water partition coefficient (Wildman–Crippen LogP) is 5.42. The van der Waals surface area contributed by atoms with Gasteiger partial charge in [0.25, 0.3) is 0 Å². The molecule has 1 unspecified atom stereocenters. The smallest absolute Gasteiger partial charge is 0.142 e. The van der Waals surface area contributed by atoms with Crippen molar-refractivity contribution in [3.05, 3.63) is 54.3 Å². The number of thiophene rings is 1. The first-order valence-electron chi connectivity index (χ1n) is 5.97. The van der Waals surface area contributed by atoms with Gasteiger partial charge in [0, 0.05) is 10.4 Å². The molecule has 0 spiro atoms. The van der Waals surface area contributed by atoms with Crippen LogP contribution >= 0.6 is 43.2 Å². The molecule has 1 nitrogen and oxygen atoms in total. The molecular weight excluding hydrogens is 393 g/mol. The van der Waals surface area contributed by atoms with E-state index in [1.807, 2.05) is 26.0 Å². The summed E-state index contributed by atoms with van der Waals surface area (Å²) in [6.45, 7) is 4.86. The first-order valence-corrected chi connectivity index (χ1v) is 8.38. The molecule has 1 atom stereocenters. The normalized spacial score (nSPS) is 12.7. The maximum Gasteiger partial charge on any atom is 0.142 e. The molecule has 0 aliphatic heterocycles. The SMILES string of the molecule is CCNC(c1cc(C)c(Br)s1)c1cccc(Br)c1F. The molecule has 0 radical (unpaired) electrons. The van der Waals surface area contributed by atoms with Crippen molar-refractivity contribution in [2.45, 2.75) is 19.9 Å². The van der Waals surface area contributed by atoms with Crippen molar-refractivity contribution in [3.63, 3.8) is 0 Å². The predicted molar refractivity (Wildman–Crippen MR) is 86.4 cm³/mol. The van der Waals surface area contributed by atoms with Gasteiger partial charge in [-0.1, -0.05) is 19.1 Å². The Kier molecular flexibility index (Phi) is 5.17. The maximum atomic E-state index is 14.3. The summed E-state index contributed by atoms with van der Waals surface area (Å²) in [6.07, 6.45) is 0. The van der Waals surface area contributed by atoms with Crippen LogP contribution < -0.4 is 5.32 Å². The maximum absolute atomic E-state index is 14.3. The monoisotopic (exact) mass is 405 g/mol. The van der Waals surface area contributed by atoms with Crippen LogP contribution in [0.15, 0.2) is 32.5 Å². The first-order chi connectivity index (χ1) is 9.04. The third-order valence-corrected chi connectivity index (χ3v) is 5.68. The Balaban J connectivity index is 2.48. The fourth-order valence-corrected chi connectivity index (χ4v) is 3.98. The third kappa shape index (κ3) is 3.27. The van der Waals surface area contributed by atoms with Gasteiger partial charge in [0.05, 0.1) is 14.3 Å². The summed E-state index contributed by atoms with van der Waals surface area (Å²) in [5, 5.41) is 3.35. The Bertz CT molecular complexity index is 563. The number of hydrogen-bond donors (Lipinski definition) is 1. The average molecular weight is 407 g/mol. The molecule has 0 saturated heterocycles. The molecule has 0 amide bonds. The zero-order chi connectivity index (χ0) is 14.0. The van der Waals surface area contributed by atoms with E-state index in [1.165, 1.54) is 5.56 Å². The zero-order valence-corrected chi connectivity index (χ0v) is 14.6. The highest BCUT2D eigenvalue weighted by Gasteiger charge is 2.20. The van der Waals surface area contributed by atoms with Gasteiger partial charge in [0.15, 0.2) is 0 Å². The van der Waals surface area contributed by atoms with Gasteiger partial charge in [-0.05, 0) is 63.0 Å². The van der Waals surface area contributed by atoms with E-state index in [0.29, 0.717) is 10.0 Å². The molecular formula is C14H14Br2FNS. The molecule has 5 heteroatoms. The van der Waals surface area contributed by atoms with Crippen molar-refractivity contribution >= 4 is 43.2 Å². The molecule has 0 bridgehead atoms. The van der Waals surface area contributed by atoms with Crippen LogP contribution in [0.25, 0.3) is 0 Å². The number of rotatable bonds is 4. The summed E-state index contributed by atoms with van der Waals surface area (Å²) in [7, 11) is 0. The number of benzene rings is 1. The molecule has 0 saturated carbocycles. The summed E-state index contributed by atoms with van der Waals surface area (Å²) < 4.78 is 15.9. The molecule has 19 heavy (non-hydrogen) atoms. The quantitative estimate of drug-likeness (QED) is 0.714. The topological polar surface area (TPSA) is 12.0 Å². The van der Waals surface area contributed by atoms with Crippen LogP contribution in [0.1, 0.15) is 29.0 Å². The van der Waals surface area contributed by atoms with Crippen LogP contribution in [-0.2, 0) is 0 Å². The Labute approximate surface area is 133 Å². The van der Waals surface area contributed by atoms with Crippen molar-refractivity contribution in [1.82, 2.24) is 5.32 Å². The summed E-state index contributed by atoms with van der Waals surface area (Å²) in [6, 6.07) is 7.40. The summed E-state index contributed by atoms with van der Waals surface area (Å²) >= 11 is 8.42. The molecule has 2 aromatic rings. The molecule has 2 rings (SSSR count). The van der Waals surface area contributed by atoms with E-state index >= 15 is 0 Å². The summed E-state index contributed by atoms with van der Waals surface area (Å²) in [5.74, 6) is -0.198. The minimum absolute atomic E-state index is 0.113. The average Bonchev–Trinajstić information content (AvgIpc) is 2.70. The second kappa shape index (κ2) is 6.48. The van der Waals surface area contributed by atoms with Crippen LogP contribution in [0.2, 0.25) is 0 Å². The van der Waals surface area contributed by atoms with Crippen molar-refractivity contribution in [2.75, 3.05) is 6.54 Å². The number of halogens is 3. The molecule has 0 aliphatic carbocycles. The molecule has 1 aromatic carbocycles. The fourth-order valence-electron chi connectivity index (χ4n) is 1.94. The Morgan fingerprint density at radius 2 is 2.11 bits per heavy atom. The molecule has 1 aromatic heterocycles. The van der Waals surface area contributed by atoms with Crippen LogP contribution in [0, 0.1) is 12.7 Å². The second-order valence-corrected chi connectivity index (χ2v) is 7.50. The Hall–Kier alpha value is -0.230. The van der Waals surface area contributed by atoms with E-state index in [-0.39, 0.29) is 11.9 Å². The Morgan fingerprint density at radius 3 is 2.68 bits per heavy atom. The van der Waals surface area contributed by atoms with Crippen LogP contribution in [-0.4, -0.2) is 6.54 Å². The van der Waals surface area contributed by atoms with Gasteiger partial charge in [-0.2, -0.15) is 0 Å². The third-order valence-electron chi connectivity index (χ3n) is 2.86. The summed E-state index contributed by atoms with van der Waals surface area (Å²) in [5.41, 5.74) is 1.85. The Morgan fingerprint density at radius 1 is 1.37 bits per heavy atom. The van der Waals surface area contributed by atoms with Crippen molar-refractivity contribution in [1.29, 1.82) is 0 Å². The van der Waals surface area contributed by atoms with E-state index in [4.69, 9.17) is 0 Å². The van der Waals surface area contributed by atoms with E-state index < -0.39 is 0 Å². The van der Waals surface area contributed by atoms with Gasteiger partial charge < -0.3 is 5.32 Å². The van der Waals surface area contributed by atoms with Crippen LogP contribution in [0.3, 0.4) is 0 Å². The molecule has 0 fully saturated rings. The van der Waals surface area contributed by atoms with Crippen molar-refractivity contribution < 1.29 is 4.39 Å². The van der Waals surface area contributed by atoms with Gasteiger partial charge in [-0.25, -0.2) is 4.39 Å². The molecule has 1 N–H and O–H groups in total. The van der Waals surface area contributed by atoms with Gasteiger partial charge in [-0.3, -0.25) is 0 Å². The van der Waals surface area contributed by atoms with E-state index in [9.17, 15) is 4.39 Å². The molecule has 1 heterocycles. The van der Waals surface area contributed by atoms with Crippen LogP contribution in [0.5, 0.6) is 0 Å². The largest absolute Gasteiger partial charge is 0.306 e. The van der Waals surface area contributed by atoms with Crippen LogP contribution in [0.4, 0.5) is 4.39 Å². The van der Waals surface area contributed by atoms with E-state index in [2.05, 4.69) is 43.2 Å². The minimum atomic E-state index is -0.198. The van der Waals surface area contributed by atoms with Gasteiger partial charge in [-0.15, -0.1) is 11.3 Å². The minimum Gasteiger partial charge on any atom is -0.306 e. The first kappa shape index (κ1) is 15.2. The standard InChI is InChI=1S/C14H14Br2FNS/c1-3-18-13(11-7-8(2)14(16)19-11)9-5-4-6-10(15)12(9)17/h4-7,13,18H,3H2,1-2H3. The van der Waals surface area contributed by atoms with Crippen molar-refractivity contribution in [3.8, 4) is 0 Å². The lowest BCUT2D eigenvalue weighted by Gasteiger charge is -2.18. The highest BCUT2D eigenvalue weighted by atomic mass is 79.9. The van der Waals surface area contributed by atoms with E-state index in [0.717, 1.165) is 15.2 Å². The van der Waals surface area contributed by atoms with Gasteiger partial charge >= 0.3 is 0 Å². The second-order valence-electron chi connectivity index (χ2n) is 4.24. The lowest BCUT2D eigenvalue weighted by molar-refractivity contribution is 0.558.